The van der Waals surface area contributed by atoms with Gasteiger partial charge in [0.1, 0.15) is 17.2 Å². The number of hydrogen-bond acceptors (Lipinski definition) is 5. The molecule has 2 aromatic carbocycles. The van der Waals surface area contributed by atoms with Gasteiger partial charge < -0.3 is 14.9 Å². The molecule has 0 aliphatic carbocycles. The summed E-state index contributed by atoms with van der Waals surface area (Å²) in [6.07, 6.45) is 0.392. The summed E-state index contributed by atoms with van der Waals surface area (Å²) in [4.78, 5) is 11.9. The summed E-state index contributed by atoms with van der Waals surface area (Å²) in [5.74, 6) is -0.416. The van der Waals surface area contributed by atoms with Gasteiger partial charge in [-0.1, -0.05) is 23.2 Å². The number of hydrazone groups is 1. The van der Waals surface area contributed by atoms with Crippen LogP contribution in [0.1, 0.15) is 12.5 Å². The number of benzene rings is 2. The summed E-state index contributed by atoms with van der Waals surface area (Å²) in [6.45, 7) is 1.54. The fourth-order valence-corrected chi connectivity index (χ4v) is 2.17. The van der Waals surface area contributed by atoms with Crippen LogP contribution in [-0.4, -0.2) is 28.4 Å². The van der Waals surface area contributed by atoms with Gasteiger partial charge in [-0.05, 0) is 37.3 Å². The topological polar surface area (TPSA) is 91.2 Å². The maximum absolute atomic E-state index is 11.9. The molecule has 126 valence electrons. The summed E-state index contributed by atoms with van der Waals surface area (Å²) in [5.41, 5.74) is 2.62. The Kier molecular flexibility index (Phi) is 5.89. The van der Waals surface area contributed by atoms with E-state index in [0.717, 1.165) is 6.07 Å². The van der Waals surface area contributed by atoms with E-state index in [4.69, 9.17) is 27.9 Å². The second-order valence-corrected chi connectivity index (χ2v) is 5.66. The zero-order valence-corrected chi connectivity index (χ0v) is 14.0. The number of halogens is 2. The molecule has 0 heterocycles. The molecular formula is C16H14Cl2N2O4. The van der Waals surface area contributed by atoms with Crippen LogP contribution in [0.2, 0.25) is 10.0 Å². The van der Waals surface area contributed by atoms with E-state index in [2.05, 4.69) is 10.5 Å². The van der Waals surface area contributed by atoms with E-state index in [9.17, 15) is 15.0 Å². The van der Waals surface area contributed by atoms with Crippen molar-refractivity contribution < 1.29 is 19.7 Å². The number of phenolic OH excluding ortho intramolecular Hbond substituents is 2. The van der Waals surface area contributed by atoms with E-state index in [1.165, 1.54) is 31.3 Å². The minimum absolute atomic E-state index is 0.0736. The van der Waals surface area contributed by atoms with Gasteiger partial charge in [0.05, 0.1) is 11.2 Å². The lowest BCUT2D eigenvalue weighted by Crippen LogP contribution is -2.33. The number of ether oxygens (including phenoxy) is 1. The molecule has 2 aromatic rings. The molecule has 8 heteroatoms. The number of rotatable bonds is 5. The van der Waals surface area contributed by atoms with Crippen molar-refractivity contribution in [2.24, 2.45) is 5.10 Å². The van der Waals surface area contributed by atoms with Crippen LogP contribution in [0.5, 0.6) is 17.2 Å². The van der Waals surface area contributed by atoms with Crippen LogP contribution in [0, 0.1) is 0 Å². The van der Waals surface area contributed by atoms with Gasteiger partial charge in [-0.2, -0.15) is 5.10 Å². The zero-order valence-electron chi connectivity index (χ0n) is 12.5. The lowest BCUT2D eigenvalue weighted by atomic mass is 10.2. The standard InChI is InChI=1S/C16H14Cl2N2O4/c1-9(24-15-5-3-11(17)6-13(15)18)16(23)20-19-8-10-2-4-12(21)7-14(10)22/h2-9,21-22H,1H3,(H,20,23)/b19-8+. The predicted molar refractivity (Wildman–Crippen MR) is 92.1 cm³/mol. The van der Waals surface area contributed by atoms with Crippen LogP contribution in [0.3, 0.4) is 0 Å². The number of amides is 1. The summed E-state index contributed by atoms with van der Waals surface area (Å²) < 4.78 is 5.45. The quantitative estimate of drug-likeness (QED) is 0.557. The minimum Gasteiger partial charge on any atom is -0.508 e. The lowest BCUT2D eigenvalue weighted by Gasteiger charge is -2.14. The Morgan fingerprint density at radius 2 is 2.00 bits per heavy atom. The number of carbonyl (C=O) groups excluding carboxylic acids is 1. The average Bonchev–Trinajstić information content (AvgIpc) is 2.52. The number of aromatic hydroxyl groups is 2. The van der Waals surface area contributed by atoms with Crippen molar-refractivity contribution in [2.45, 2.75) is 13.0 Å². The molecule has 1 amide bonds. The second-order valence-electron chi connectivity index (χ2n) is 4.81. The average molecular weight is 369 g/mol. The van der Waals surface area contributed by atoms with Crippen LogP contribution in [0.4, 0.5) is 0 Å². The Balaban J connectivity index is 1.95. The van der Waals surface area contributed by atoms with Crippen molar-refractivity contribution in [1.29, 1.82) is 0 Å². The highest BCUT2D eigenvalue weighted by Gasteiger charge is 2.15. The van der Waals surface area contributed by atoms with Gasteiger partial charge in [0, 0.05) is 16.7 Å². The van der Waals surface area contributed by atoms with Crippen molar-refractivity contribution in [1.82, 2.24) is 5.43 Å². The second kappa shape index (κ2) is 7.90. The SMILES string of the molecule is CC(Oc1ccc(Cl)cc1Cl)C(=O)N/N=C/c1ccc(O)cc1O. The summed E-state index contributed by atoms with van der Waals surface area (Å²) in [6, 6.07) is 8.67. The Morgan fingerprint density at radius 3 is 2.67 bits per heavy atom. The number of phenols is 2. The highest BCUT2D eigenvalue weighted by Crippen LogP contribution is 2.28. The molecule has 0 spiro atoms. The Morgan fingerprint density at radius 1 is 1.25 bits per heavy atom. The number of carbonyl (C=O) groups is 1. The Bertz CT molecular complexity index is 781. The van der Waals surface area contributed by atoms with E-state index in [0.29, 0.717) is 21.4 Å². The Hall–Kier alpha value is -2.44. The van der Waals surface area contributed by atoms with Gasteiger partial charge in [-0.15, -0.1) is 0 Å². The maximum atomic E-state index is 11.9. The van der Waals surface area contributed by atoms with Crippen LogP contribution in [0.15, 0.2) is 41.5 Å². The summed E-state index contributed by atoms with van der Waals surface area (Å²) >= 11 is 11.8. The molecule has 0 saturated heterocycles. The van der Waals surface area contributed by atoms with Crippen molar-refractivity contribution in [3.8, 4) is 17.2 Å². The molecule has 0 aliphatic rings. The van der Waals surface area contributed by atoms with Gasteiger partial charge in [0.2, 0.25) is 0 Å². The third-order valence-electron chi connectivity index (χ3n) is 2.96. The molecule has 0 fully saturated rings. The predicted octanol–water partition coefficient (Wildman–Crippen LogP) is 3.32. The molecule has 0 bridgehead atoms. The number of nitrogens with one attached hydrogen (secondary N) is 1. The lowest BCUT2D eigenvalue weighted by molar-refractivity contribution is -0.127. The summed E-state index contributed by atoms with van der Waals surface area (Å²) in [7, 11) is 0. The van der Waals surface area contributed by atoms with Crippen molar-refractivity contribution >= 4 is 35.3 Å². The molecule has 3 N–H and O–H groups in total. The zero-order chi connectivity index (χ0) is 17.7. The largest absolute Gasteiger partial charge is 0.508 e. The normalized spacial score (nSPS) is 12.1. The molecule has 1 unspecified atom stereocenters. The van der Waals surface area contributed by atoms with Crippen LogP contribution in [-0.2, 0) is 4.79 Å². The number of nitrogens with zero attached hydrogens (tertiary/aromatic N) is 1. The first-order valence-corrected chi connectivity index (χ1v) is 7.59. The number of hydrogen-bond donors (Lipinski definition) is 3. The fraction of sp³-hybridized carbons (Fsp3) is 0.125. The van der Waals surface area contributed by atoms with Gasteiger partial charge >= 0.3 is 0 Å². The van der Waals surface area contributed by atoms with Crippen molar-refractivity contribution in [3.05, 3.63) is 52.0 Å². The van der Waals surface area contributed by atoms with Gasteiger partial charge in [0.15, 0.2) is 6.10 Å². The molecule has 2 rings (SSSR count). The molecule has 24 heavy (non-hydrogen) atoms. The van der Waals surface area contributed by atoms with Gasteiger partial charge in [0.25, 0.3) is 5.91 Å². The molecular weight excluding hydrogens is 355 g/mol. The third-order valence-corrected chi connectivity index (χ3v) is 3.49. The van der Waals surface area contributed by atoms with Crippen molar-refractivity contribution in [3.63, 3.8) is 0 Å². The van der Waals surface area contributed by atoms with Gasteiger partial charge in [-0.3, -0.25) is 4.79 Å². The monoisotopic (exact) mass is 368 g/mol. The van der Waals surface area contributed by atoms with Crippen molar-refractivity contribution in [2.75, 3.05) is 0 Å². The molecule has 0 aliphatic heterocycles. The highest BCUT2D eigenvalue weighted by atomic mass is 35.5. The first-order valence-electron chi connectivity index (χ1n) is 6.83. The van der Waals surface area contributed by atoms with E-state index >= 15 is 0 Å². The first kappa shape index (κ1) is 17.9. The third kappa shape index (κ3) is 4.78. The molecule has 0 aromatic heterocycles. The first-order chi connectivity index (χ1) is 11.4. The van der Waals surface area contributed by atoms with E-state index in [1.807, 2.05) is 0 Å². The fourth-order valence-electron chi connectivity index (χ4n) is 1.71. The molecule has 0 radical (unpaired) electrons. The molecule has 0 saturated carbocycles. The van der Waals surface area contributed by atoms with Crippen LogP contribution in [0.25, 0.3) is 0 Å². The maximum Gasteiger partial charge on any atom is 0.280 e. The van der Waals surface area contributed by atoms with Crippen LogP contribution >= 0.6 is 23.2 Å². The molecule has 1 atom stereocenters. The van der Waals surface area contributed by atoms with E-state index in [1.54, 1.807) is 12.1 Å². The van der Waals surface area contributed by atoms with Crippen LogP contribution < -0.4 is 10.2 Å². The highest BCUT2D eigenvalue weighted by molar-refractivity contribution is 6.35. The molecule has 6 nitrogen and oxygen atoms in total. The van der Waals surface area contributed by atoms with Gasteiger partial charge in [-0.25, -0.2) is 5.43 Å². The Labute approximate surface area is 148 Å². The van der Waals surface area contributed by atoms with E-state index in [-0.39, 0.29) is 11.5 Å². The summed E-state index contributed by atoms with van der Waals surface area (Å²) in [5, 5.41) is 23.3. The smallest absolute Gasteiger partial charge is 0.280 e. The van der Waals surface area contributed by atoms with E-state index < -0.39 is 12.0 Å². The minimum atomic E-state index is -0.853.